The number of aromatic nitrogens is 4. The van der Waals surface area contributed by atoms with Crippen LogP contribution in [0.5, 0.6) is 0 Å². The number of aryl methyl sites for hydroxylation is 1. The lowest BCUT2D eigenvalue weighted by Gasteiger charge is -2.24. The van der Waals surface area contributed by atoms with Gasteiger partial charge in [0.05, 0.1) is 0 Å². The van der Waals surface area contributed by atoms with Gasteiger partial charge in [0, 0.05) is 18.3 Å². The fraction of sp³-hybridized carbons (Fsp3) is 0.643. The first kappa shape index (κ1) is 15.1. The molecule has 0 bridgehead atoms. The SMILES string of the molecule is Cc1cc(NCC2(C)CCCC2)n2nc(C(F)(F)F)nc2n1. The molecular weight excluding hydrogens is 295 g/mol. The van der Waals surface area contributed by atoms with Gasteiger partial charge in [-0.15, -0.1) is 5.10 Å². The number of fused-ring (bicyclic) bond motifs is 1. The molecule has 3 rings (SSSR count). The van der Waals surface area contributed by atoms with Crippen LogP contribution in [0, 0.1) is 12.3 Å². The van der Waals surface area contributed by atoms with E-state index in [1.807, 2.05) is 0 Å². The summed E-state index contributed by atoms with van der Waals surface area (Å²) in [5.74, 6) is -0.703. The first-order chi connectivity index (χ1) is 10.3. The standard InChI is InChI=1S/C14H18F3N5/c1-9-7-10(18-8-13(2)5-3-4-6-13)22-12(19-9)20-11(21-22)14(15,16)17/h7,18H,3-6,8H2,1-2H3. The maximum atomic E-state index is 12.8. The van der Waals surface area contributed by atoms with Crippen LogP contribution in [0.3, 0.4) is 0 Å². The summed E-state index contributed by atoms with van der Waals surface area (Å²) in [6.45, 7) is 4.62. The molecular formula is C14H18F3N5. The van der Waals surface area contributed by atoms with Crippen molar-refractivity contribution in [2.75, 3.05) is 11.9 Å². The van der Waals surface area contributed by atoms with Crippen LogP contribution in [0.2, 0.25) is 0 Å². The van der Waals surface area contributed by atoms with Crippen LogP contribution in [0.25, 0.3) is 5.78 Å². The van der Waals surface area contributed by atoms with Crippen molar-refractivity contribution in [3.8, 4) is 0 Å². The molecule has 0 aromatic carbocycles. The van der Waals surface area contributed by atoms with Crippen LogP contribution in [0.1, 0.15) is 44.1 Å². The Labute approximate surface area is 126 Å². The Hall–Kier alpha value is -1.86. The summed E-state index contributed by atoms with van der Waals surface area (Å²) in [4.78, 5) is 7.50. The lowest BCUT2D eigenvalue weighted by Crippen LogP contribution is -2.24. The van der Waals surface area contributed by atoms with Crippen LogP contribution >= 0.6 is 0 Å². The molecule has 0 saturated heterocycles. The molecule has 1 saturated carbocycles. The molecule has 1 aliphatic rings. The predicted molar refractivity (Wildman–Crippen MR) is 75.6 cm³/mol. The molecule has 2 aromatic rings. The number of rotatable bonds is 3. The largest absolute Gasteiger partial charge is 0.453 e. The van der Waals surface area contributed by atoms with Crippen molar-refractivity contribution >= 4 is 11.6 Å². The molecule has 0 aliphatic heterocycles. The summed E-state index contributed by atoms with van der Waals surface area (Å²) >= 11 is 0. The van der Waals surface area contributed by atoms with Gasteiger partial charge in [-0.1, -0.05) is 19.8 Å². The fourth-order valence-electron chi connectivity index (χ4n) is 2.94. The lowest BCUT2D eigenvalue weighted by atomic mass is 9.89. The van der Waals surface area contributed by atoms with Gasteiger partial charge in [0.1, 0.15) is 5.82 Å². The van der Waals surface area contributed by atoms with Crippen molar-refractivity contribution in [1.29, 1.82) is 0 Å². The minimum atomic E-state index is -4.57. The molecule has 8 heteroatoms. The zero-order valence-corrected chi connectivity index (χ0v) is 12.5. The quantitative estimate of drug-likeness (QED) is 0.943. The van der Waals surface area contributed by atoms with Crippen molar-refractivity contribution in [2.45, 2.75) is 45.7 Å². The van der Waals surface area contributed by atoms with E-state index in [0.29, 0.717) is 18.1 Å². The van der Waals surface area contributed by atoms with Crippen LogP contribution in [-0.4, -0.2) is 26.1 Å². The van der Waals surface area contributed by atoms with Crippen molar-refractivity contribution in [3.63, 3.8) is 0 Å². The van der Waals surface area contributed by atoms with Gasteiger partial charge in [0.2, 0.25) is 0 Å². The van der Waals surface area contributed by atoms with Crippen molar-refractivity contribution in [1.82, 2.24) is 19.6 Å². The van der Waals surface area contributed by atoms with Crippen molar-refractivity contribution in [2.24, 2.45) is 5.41 Å². The van der Waals surface area contributed by atoms with E-state index >= 15 is 0 Å². The average molecular weight is 313 g/mol. The van der Waals surface area contributed by atoms with Crippen molar-refractivity contribution in [3.05, 3.63) is 17.6 Å². The second-order valence-electron chi connectivity index (χ2n) is 6.30. The molecule has 5 nitrogen and oxygen atoms in total. The molecule has 1 fully saturated rings. The van der Waals surface area contributed by atoms with E-state index in [0.717, 1.165) is 17.4 Å². The summed E-state index contributed by atoms with van der Waals surface area (Å²) < 4.78 is 39.4. The zero-order valence-electron chi connectivity index (χ0n) is 12.5. The second-order valence-corrected chi connectivity index (χ2v) is 6.30. The van der Waals surface area contributed by atoms with Crippen LogP contribution < -0.4 is 5.32 Å². The molecule has 0 spiro atoms. The molecule has 2 aromatic heterocycles. The highest BCUT2D eigenvalue weighted by Gasteiger charge is 2.37. The fourth-order valence-corrected chi connectivity index (χ4v) is 2.94. The Morgan fingerprint density at radius 1 is 1.27 bits per heavy atom. The Morgan fingerprint density at radius 2 is 1.95 bits per heavy atom. The van der Waals surface area contributed by atoms with Gasteiger partial charge in [0.15, 0.2) is 0 Å². The van der Waals surface area contributed by atoms with Crippen LogP contribution in [0.15, 0.2) is 6.07 Å². The van der Waals surface area contributed by atoms with Gasteiger partial charge in [-0.25, -0.2) is 4.98 Å². The lowest BCUT2D eigenvalue weighted by molar-refractivity contribution is -0.144. The molecule has 0 amide bonds. The van der Waals surface area contributed by atoms with Gasteiger partial charge < -0.3 is 5.32 Å². The van der Waals surface area contributed by atoms with E-state index in [1.165, 1.54) is 12.8 Å². The molecule has 0 unspecified atom stereocenters. The molecule has 1 aliphatic carbocycles. The van der Waals surface area contributed by atoms with E-state index in [-0.39, 0.29) is 11.2 Å². The minimum Gasteiger partial charge on any atom is -0.369 e. The van der Waals surface area contributed by atoms with E-state index in [4.69, 9.17) is 0 Å². The normalized spacial score (nSPS) is 18.0. The van der Waals surface area contributed by atoms with Crippen LogP contribution in [0.4, 0.5) is 19.0 Å². The molecule has 120 valence electrons. The van der Waals surface area contributed by atoms with Gasteiger partial charge in [0.25, 0.3) is 11.6 Å². The Bertz CT molecular complexity index is 686. The topological polar surface area (TPSA) is 55.1 Å². The summed E-state index contributed by atoms with van der Waals surface area (Å²) in [5, 5.41) is 6.78. The minimum absolute atomic E-state index is 0.0357. The van der Waals surface area contributed by atoms with Gasteiger partial charge in [-0.3, -0.25) is 0 Å². The molecule has 1 N–H and O–H groups in total. The van der Waals surface area contributed by atoms with Gasteiger partial charge in [-0.05, 0) is 25.2 Å². The molecule has 22 heavy (non-hydrogen) atoms. The van der Waals surface area contributed by atoms with E-state index in [2.05, 4.69) is 27.3 Å². The highest BCUT2D eigenvalue weighted by atomic mass is 19.4. The number of anilines is 1. The van der Waals surface area contributed by atoms with Crippen LogP contribution in [-0.2, 0) is 6.18 Å². The van der Waals surface area contributed by atoms with E-state index < -0.39 is 12.0 Å². The summed E-state index contributed by atoms with van der Waals surface area (Å²) in [6, 6.07) is 1.69. The highest BCUT2D eigenvalue weighted by Crippen LogP contribution is 2.37. The molecule has 0 atom stereocenters. The Balaban J connectivity index is 1.92. The highest BCUT2D eigenvalue weighted by molar-refractivity contribution is 5.45. The number of hydrogen-bond donors (Lipinski definition) is 1. The number of alkyl halides is 3. The first-order valence-corrected chi connectivity index (χ1v) is 7.32. The molecule has 0 radical (unpaired) electrons. The number of hydrogen-bond acceptors (Lipinski definition) is 4. The van der Waals surface area contributed by atoms with Crippen molar-refractivity contribution < 1.29 is 13.2 Å². The summed E-state index contributed by atoms with van der Waals surface area (Å²) in [6.07, 6.45) is 0.0715. The molecule has 2 heterocycles. The smallest absolute Gasteiger partial charge is 0.369 e. The van der Waals surface area contributed by atoms with E-state index in [1.54, 1.807) is 13.0 Å². The third-order valence-corrected chi connectivity index (χ3v) is 4.20. The predicted octanol–water partition coefficient (Wildman–Crippen LogP) is 3.44. The maximum absolute atomic E-state index is 12.8. The Morgan fingerprint density at radius 3 is 2.59 bits per heavy atom. The van der Waals surface area contributed by atoms with Gasteiger partial charge in [-0.2, -0.15) is 22.7 Å². The second kappa shape index (κ2) is 5.10. The number of nitrogens with one attached hydrogen (secondary N) is 1. The third-order valence-electron chi connectivity index (χ3n) is 4.20. The monoisotopic (exact) mass is 313 g/mol. The third kappa shape index (κ3) is 2.86. The summed E-state index contributed by atoms with van der Waals surface area (Å²) in [5.41, 5.74) is 0.782. The first-order valence-electron chi connectivity index (χ1n) is 7.32. The van der Waals surface area contributed by atoms with Gasteiger partial charge >= 0.3 is 6.18 Å². The average Bonchev–Trinajstić information content (AvgIpc) is 3.02. The number of halogens is 3. The maximum Gasteiger partial charge on any atom is 0.453 e. The summed E-state index contributed by atoms with van der Waals surface area (Å²) in [7, 11) is 0. The Kier molecular flexibility index (Phi) is 3.49. The number of nitrogens with zero attached hydrogens (tertiary/aromatic N) is 4. The van der Waals surface area contributed by atoms with E-state index in [9.17, 15) is 13.2 Å². The zero-order chi connectivity index (χ0) is 16.0.